The van der Waals surface area contributed by atoms with Crippen LogP contribution in [-0.4, -0.2) is 54.1 Å². The molecule has 2 N–H and O–H groups in total. The molecule has 32 heavy (non-hydrogen) atoms. The molecule has 3 aromatic rings. The van der Waals surface area contributed by atoms with Crippen molar-refractivity contribution in [2.75, 3.05) is 38.6 Å². The van der Waals surface area contributed by atoms with Gasteiger partial charge in [-0.25, -0.2) is 9.97 Å². The van der Waals surface area contributed by atoms with Gasteiger partial charge in [-0.1, -0.05) is 18.6 Å². The number of carbonyl (C=O) groups is 1. The first-order chi connectivity index (χ1) is 15.7. The normalized spacial score (nSPS) is 14.0. The first-order valence-electron chi connectivity index (χ1n) is 11.1. The number of rotatable bonds is 8. The minimum Gasteiger partial charge on any atom is -0.497 e. The van der Waals surface area contributed by atoms with Gasteiger partial charge in [0.15, 0.2) is 0 Å². The number of carbonyl (C=O) groups excluding carboxylic acids is 1. The summed E-state index contributed by atoms with van der Waals surface area (Å²) in [7, 11) is 1.65. The van der Waals surface area contributed by atoms with Crippen LogP contribution in [-0.2, 0) is 0 Å². The molecule has 166 valence electrons. The second-order valence-corrected chi connectivity index (χ2v) is 7.88. The van der Waals surface area contributed by atoms with E-state index in [1.54, 1.807) is 19.5 Å². The minimum absolute atomic E-state index is 0.0475. The zero-order valence-corrected chi connectivity index (χ0v) is 18.4. The zero-order chi connectivity index (χ0) is 22.2. The smallest absolute Gasteiger partial charge is 0.251 e. The lowest BCUT2D eigenvalue weighted by Gasteiger charge is -2.26. The predicted molar refractivity (Wildman–Crippen MR) is 126 cm³/mol. The summed E-state index contributed by atoms with van der Waals surface area (Å²) in [4.78, 5) is 23.6. The van der Waals surface area contributed by atoms with Crippen LogP contribution in [0, 0.1) is 0 Å². The summed E-state index contributed by atoms with van der Waals surface area (Å²) in [5.74, 6) is 1.27. The number of ether oxygens (including phenoxy) is 1. The van der Waals surface area contributed by atoms with Gasteiger partial charge in [-0.2, -0.15) is 0 Å². The fourth-order valence-electron chi connectivity index (χ4n) is 3.77. The highest BCUT2D eigenvalue weighted by Crippen LogP contribution is 2.22. The Morgan fingerprint density at radius 3 is 2.28 bits per heavy atom. The molecule has 0 aliphatic carbocycles. The van der Waals surface area contributed by atoms with E-state index in [9.17, 15) is 4.79 Å². The van der Waals surface area contributed by atoms with Crippen LogP contribution in [0.2, 0.25) is 0 Å². The van der Waals surface area contributed by atoms with Crippen molar-refractivity contribution in [2.45, 2.75) is 19.3 Å². The number of hydrogen-bond donors (Lipinski definition) is 2. The molecule has 7 nitrogen and oxygen atoms in total. The van der Waals surface area contributed by atoms with E-state index in [0.29, 0.717) is 18.1 Å². The molecule has 2 aromatic carbocycles. The maximum Gasteiger partial charge on any atom is 0.251 e. The van der Waals surface area contributed by atoms with Crippen LogP contribution in [0.4, 0.5) is 11.6 Å². The van der Waals surface area contributed by atoms with Crippen LogP contribution < -0.4 is 15.4 Å². The number of anilines is 2. The molecule has 0 saturated carbocycles. The van der Waals surface area contributed by atoms with Crippen molar-refractivity contribution in [3.05, 3.63) is 66.5 Å². The van der Waals surface area contributed by atoms with Gasteiger partial charge in [-0.15, -0.1) is 0 Å². The van der Waals surface area contributed by atoms with Crippen LogP contribution in [0.5, 0.6) is 5.75 Å². The Morgan fingerprint density at radius 1 is 0.938 bits per heavy atom. The molecule has 7 heteroatoms. The van der Waals surface area contributed by atoms with Crippen molar-refractivity contribution in [1.29, 1.82) is 0 Å². The van der Waals surface area contributed by atoms with Crippen LogP contribution in [0.3, 0.4) is 0 Å². The van der Waals surface area contributed by atoms with E-state index in [1.165, 1.54) is 19.3 Å². The number of piperidine rings is 1. The molecule has 0 unspecified atom stereocenters. The maximum absolute atomic E-state index is 12.4. The number of nitrogens with one attached hydrogen (secondary N) is 2. The third kappa shape index (κ3) is 5.82. The fraction of sp³-hybridized carbons (Fsp3) is 0.320. The highest BCUT2D eigenvalue weighted by atomic mass is 16.5. The zero-order valence-electron chi connectivity index (χ0n) is 18.4. The first kappa shape index (κ1) is 21.8. The topological polar surface area (TPSA) is 79.4 Å². The molecule has 1 fully saturated rings. The third-order valence-corrected chi connectivity index (χ3v) is 5.64. The lowest BCUT2D eigenvalue weighted by atomic mass is 10.1. The monoisotopic (exact) mass is 431 g/mol. The Morgan fingerprint density at radius 2 is 1.62 bits per heavy atom. The summed E-state index contributed by atoms with van der Waals surface area (Å²) in [6.07, 6.45) is 7.40. The Hall–Kier alpha value is -3.45. The lowest BCUT2D eigenvalue weighted by molar-refractivity contribution is 0.0946. The van der Waals surface area contributed by atoms with Crippen molar-refractivity contribution in [1.82, 2.24) is 20.2 Å². The number of likely N-dealkylation sites (tertiary alicyclic amines) is 1. The van der Waals surface area contributed by atoms with Gasteiger partial charge >= 0.3 is 0 Å². The van der Waals surface area contributed by atoms with Crippen molar-refractivity contribution in [3.63, 3.8) is 0 Å². The van der Waals surface area contributed by atoms with E-state index in [0.717, 1.165) is 42.2 Å². The summed E-state index contributed by atoms with van der Waals surface area (Å²) in [6, 6.07) is 15.1. The minimum atomic E-state index is -0.0475. The van der Waals surface area contributed by atoms with Crippen molar-refractivity contribution < 1.29 is 9.53 Å². The molecule has 2 heterocycles. The van der Waals surface area contributed by atoms with Gasteiger partial charge in [-0.05, 0) is 67.9 Å². The summed E-state index contributed by atoms with van der Waals surface area (Å²) in [6.45, 7) is 3.86. The van der Waals surface area contributed by atoms with Gasteiger partial charge in [0.2, 0.25) is 5.95 Å². The highest BCUT2D eigenvalue weighted by Gasteiger charge is 2.11. The number of benzene rings is 2. The Bertz CT molecular complexity index is 998. The molecule has 0 bridgehead atoms. The molecule has 1 saturated heterocycles. The molecule has 0 atom stereocenters. The van der Waals surface area contributed by atoms with Crippen LogP contribution in [0.15, 0.2) is 60.9 Å². The van der Waals surface area contributed by atoms with E-state index >= 15 is 0 Å². The molecule has 0 spiro atoms. The van der Waals surface area contributed by atoms with E-state index in [4.69, 9.17) is 4.74 Å². The van der Waals surface area contributed by atoms with E-state index in [1.807, 2.05) is 48.5 Å². The lowest BCUT2D eigenvalue weighted by Crippen LogP contribution is -2.37. The average molecular weight is 432 g/mol. The quantitative estimate of drug-likeness (QED) is 0.559. The number of methoxy groups -OCH3 is 1. The largest absolute Gasteiger partial charge is 0.497 e. The van der Waals surface area contributed by atoms with Crippen LogP contribution in [0.25, 0.3) is 11.1 Å². The number of aromatic nitrogens is 2. The van der Waals surface area contributed by atoms with Gasteiger partial charge in [0.1, 0.15) is 5.75 Å². The van der Waals surface area contributed by atoms with E-state index in [2.05, 4.69) is 25.5 Å². The van der Waals surface area contributed by atoms with Crippen molar-refractivity contribution >= 4 is 17.5 Å². The van der Waals surface area contributed by atoms with Crippen LogP contribution in [0.1, 0.15) is 29.6 Å². The Kier molecular flexibility index (Phi) is 7.30. The molecule has 1 aliphatic rings. The maximum atomic E-state index is 12.4. The molecular formula is C25H29N5O2. The van der Waals surface area contributed by atoms with Crippen molar-refractivity contribution in [3.8, 4) is 16.9 Å². The summed E-state index contributed by atoms with van der Waals surface area (Å²) in [5, 5.41) is 6.18. The van der Waals surface area contributed by atoms with Gasteiger partial charge in [0, 0.05) is 42.3 Å². The number of amides is 1. The second kappa shape index (κ2) is 10.7. The summed E-state index contributed by atoms with van der Waals surface area (Å²) < 4.78 is 5.19. The molecule has 0 radical (unpaired) electrons. The van der Waals surface area contributed by atoms with Gasteiger partial charge < -0.3 is 20.3 Å². The van der Waals surface area contributed by atoms with Gasteiger partial charge in [0.05, 0.1) is 7.11 Å². The highest BCUT2D eigenvalue weighted by molar-refractivity contribution is 5.94. The van der Waals surface area contributed by atoms with Gasteiger partial charge in [-0.3, -0.25) is 4.79 Å². The summed E-state index contributed by atoms with van der Waals surface area (Å²) in [5.41, 5.74) is 3.42. The molecule has 1 amide bonds. The summed E-state index contributed by atoms with van der Waals surface area (Å²) >= 11 is 0. The predicted octanol–water partition coefficient (Wildman–Crippen LogP) is 4.11. The van der Waals surface area contributed by atoms with Crippen LogP contribution >= 0.6 is 0 Å². The molecule has 4 rings (SSSR count). The molecule has 1 aliphatic heterocycles. The SMILES string of the molecule is COc1ccc(-c2cnc(Nc3ccc(C(=O)NCCN4CCCCC4)cc3)nc2)cc1. The third-order valence-electron chi connectivity index (χ3n) is 5.64. The standard InChI is InChI=1S/C25H29N5O2/c1-32-23-11-7-19(8-12-23)21-17-27-25(28-18-21)29-22-9-5-20(6-10-22)24(31)26-13-16-30-14-3-2-4-15-30/h5-12,17-18H,2-4,13-16H2,1H3,(H,26,31)(H,27,28,29). The Balaban J connectivity index is 1.28. The molecule has 1 aromatic heterocycles. The van der Waals surface area contributed by atoms with Crippen molar-refractivity contribution in [2.24, 2.45) is 0 Å². The van der Waals surface area contributed by atoms with E-state index < -0.39 is 0 Å². The van der Waals surface area contributed by atoms with E-state index in [-0.39, 0.29) is 5.91 Å². The first-order valence-corrected chi connectivity index (χ1v) is 11.1. The Labute approximate surface area is 188 Å². The van der Waals surface area contributed by atoms with Gasteiger partial charge in [0.25, 0.3) is 5.91 Å². The second-order valence-electron chi connectivity index (χ2n) is 7.88. The number of nitrogens with zero attached hydrogens (tertiary/aromatic N) is 3. The fourth-order valence-corrected chi connectivity index (χ4v) is 3.77. The number of hydrogen-bond acceptors (Lipinski definition) is 6. The average Bonchev–Trinajstić information content (AvgIpc) is 2.86. The molecular weight excluding hydrogens is 402 g/mol.